The maximum absolute atomic E-state index is 6.29. The fourth-order valence-electron chi connectivity index (χ4n) is 2.53. The molecule has 0 amide bonds. The van der Waals surface area contributed by atoms with E-state index in [1.807, 2.05) is 6.07 Å². The molecule has 0 saturated heterocycles. The molecule has 1 aromatic rings. The Morgan fingerprint density at radius 2 is 2.05 bits per heavy atom. The number of ether oxygens (including phenoxy) is 2. The summed E-state index contributed by atoms with van der Waals surface area (Å²) in [6, 6.07) is 8.40. The van der Waals surface area contributed by atoms with E-state index in [-0.39, 0.29) is 12.1 Å². The zero-order valence-electron chi connectivity index (χ0n) is 12.0. The van der Waals surface area contributed by atoms with Crippen molar-refractivity contribution in [3.05, 3.63) is 35.4 Å². The molecule has 106 valence electrons. The molecule has 2 unspecified atom stereocenters. The van der Waals surface area contributed by atoms with Gasteiger partial charge in [0.2, 0.25) is 0 Å². The number of rotatable bonds is 6. The third-order valence-electron chi connectivity index (χ3n) is 3.52. The normalized spacial score (nSPS) is 22.5. The van der Waals surface area contributed by atoms with Gasteiger partial charge >= 0.3 is 0 Å². The molecule has 0 aromatic heterocycles. The van der Waals surface area contributed by atoms with E-state index >= 15 is 0 Å². The van der Waals surface area contributed by atoms with Crippen LogP contribution in [-0.2, 0) is 15.9 Å². The van der Waals surface area contributed by atoms with Crippen molar-refractivity contribution in [1.29, 1.82) is 0 Å². The van der Waals surface area contributed by atoms with Crippen molar-refractivity contribution < 1.29 is 9.47 Å². The van der Waals surface area contributed by atoms with Crippen LogP contribution in [-0.4, -0.2) is 25.9 Å². The fourth-order valence-corrected chi connectivity index (χ4v) is 2.53. The Kier molecular flexibility index (Phi) is 5.37. The molecule has 2 rings (SSSR count). The minimum Gasteiger partial charge on any atom is -0.379 e. The van der Waals surface area contributed by atoms with Crippen LogP contribution < -0.4 is 5.73 Å². The summed E-state index contributed by atoms with van der Waals surface area (Å²) < 4.78 is 11.4. The van der Waals surface area contributed by atoms with Crippen molar-refractivity contribution in [2.24, 2.45) is 11.7 Å². The summed E-state index contributed by atoms with van der Waals surface area (Å²) in [5.74, 6) is 0.573. The summed E-state index contributed by atoms with van der Waals surface area (Å²) in [6.07, 6.45) is 2.18. The van der Waals surface area contributed by atoms with Crippen LogP contribution in [0.2, 0.25) is 0 Å². The smallest absolute Gasteiger partial charge is 0.0772 e. The molecule has 1 aromatic carbocycles. The highest BCUT2D eigenvalue weighted by Crippen LogP contribution is 2.29. The summed E-state index contributed by atoms with van der Waals surface area (Å²) in [5.41, 5.74) is 8.89. The van der Waals surface area contributed by atoms with Crippen LogP contribution >= 0.6 is 0 Å². The third kappa shape index (κ3) is 4.03. The van der Waals surface area contributed by atoms with Crippen LogP contribution in [0.25, 0.3) is 0 Å². The SMILES string of the molecule is CC(C)COCCOC1CCc2ccccc2C1N. The second-order valence-corrected chi connectivity index (χ2v) is 5.64. The Balaban J connectivity index is 1.77. The first-order valence-corrected chi connectivity index (χ1v) is 7.21. The van der Waals surface area contributed by atoms with E-state index in [1.54, 1.807) is 0 Å². The second-order valence-electron chi connectivity index (χ2n) is 5.64. The van der Waals surface area contributed by atoms with Crippen LogP contribution in [0, 0.1) is 5.92 Å². The number of hydrogen-bond acceptors (Lipinski definition) is 3. The minimum absolute atomic E-state index is 0.00458. The Morgan fingerprint density at radius 1 is 1.26 bits per heavy atom. The number of nitrogens with two attached hydrogens (primary N) is 1. The van der Waals surface area contributed by atoms with Crippen molar-refractivity contribution in [1.82, 2.24) is 0 Å². The van der Waals surface area contributed by atoms with Gasteiger partial charge in [-0.25, -0.2) is 0 Å². The fraction of sp³-hybridized carbons (Fsp3) is 0.625. The molecule has 0 aliphatic heterocycles. The van der Waals surface area contributed by atoms with Crippen molar-refractivity contribution >= 4 is 0 Å². The highest BCUT2D eigenvalue weighted by Gasteiger charge is 2.26. The lowest BCUT2D eigenvalue weighted by atomic mass is 9.86. The average Bonchev–Trinajstić information content (AvgIpc) is 2.41. The molecule has 3 heteroatoms. The van der Waals surface area contributed by atoms with Gasteiger partial charge in [-0.3, -0.25) is 0 Å². The summed E-state index contributed by atoms with van der Waals surface area (Å²) >= 11 is 0. The molecule has 0 spiro atoms. The van der Waals surface area contributed by atoms with E-state index in [1.165, 1.54) is 11.1 Å². The first-order chi connectivity index (χ1) is 9.18. The van der Waals surface area contributed by atoms with Crippen molar-refractivity contribution in [2.45, 2.75) is 38.8 Å². The summed E-state index contributed by atoms with van der Waals surface area (Å²) in [5, 5.41) is 0. The van der Waals surface area contributed by atoms with Crippen molar-refractivity contribution in [2.75, 3.05) is 19.8 Å². The van der Waals surface area contributed by atoms with Gasteiger partial charge < -0.3 is 15.2 Å². The molecule has 0 fully saturated rings. The predicted octanol–water partition coefficient (Wildman–Crippen LogP) is 2.69. The molecule has 0 bridgehead atoms. The molecule has 2 atom stereocenters. The number of fused-ring (bicyclic) bond motifs is 1. The Bertz CT molecular complexity index is 392. The third-order valence-corrected chi connectivity index (χ3v) is 3.52. The van der Waals surface area contributed by atoms with E-state index in [0.717, 1.165) is 19.4 Å². The zero-order valence-corrected chi connectivity index (χ0v) is 12.0. The van der Waals surface area contributed by atoms with Gasteiger partial charge in [-0.2, -0.15) is 0 Å². The topological polar surface area (TPSA) is 44.5 Å². The van der Waals surface area contributed by atoms with Gasteiger partial charge in [-0.1, -0.05) is 38.1 Å². The number of aryl methyl sites for hydroxylation is 1. The summed E-state index contributed by atoms with van der Waals surface area (Å²) in [4.78, 5) is 0. The molecule has 3 nitrogen and oxygen atoms in total. The zero-order chi connectivity index (χ0) is 13.7. The summed E-state index contributed by atoms with van der Waals surface area (Å²) in [7, 11) is 0. The summed E-state index contributed by atoms with van der Waals surface area (Å²) in [6.45, 7) is 6.38. The van der Waals surface area contributed by atoms with Crippen LogP contribution in [0.15, 0.2) is 24.3 Å². The molecular weight excluding hydrogens is 238 g/mol. The van der Waals surface area contributed by atoms with Gasteiger partial charge in [0.05, 0.1) is 25.4 Å². The van der Waals surface area contributed by atoms with E-state index in [2.05, 4.69) is 32.0 Å². The quantitative estimate of drug-likeness (QED) is 0.803. The molecule has 0 saturated carbocycles. The van der Waals surface area contributed by atoms with E-state index in [4.69, 9.17) is 15.2 Å². The minimum atomic E-state index is -0.00458. The largest absolute Gasteiger partial charge is 0.379 e. The van der Waals surface area contributed by atoms with Gasteiger partial charge in [0.25, 0.3) is 0 Å². The lowest BCUT2D eigenvalue weighted by molar-refractivity contribution is -0.0167. The van der Waals surface area contributed by atoms with Crippen LogP contribution in [0.4, 0.5) is 0 Å². The monoisotopic (exact) mass is 263 g/mol. The Hall–Kier alpha value is -0.900. The lowest BCUT2D eigenvalue weighted by Crippen LogP contribution is -2.34. The molecule has 0 heterocycles. The van der Waals surface area contributed by atoms with E-state index < -0.39 is 0 Å². The van der Waals surface area contributed by atoms with Gasteiger partial charge in [-0.05, 0) is 29.9 Å². The Labute approximate surface area is 116 Å². The maximum atomic E-state index is 6.29. The van der Waals surface area contributed by atoms with E-state index in [9.17, 15) is 0 Å². The highest BCUT2D eigenvalue weighted by atomic mass is 16.5. The molecule has 0 radical (unpaired) electrons. The van der Waals surface area contributed by atoms with E-state index in [0.29, 0.717) is 19.1 Å². The van der Waals surface area contributed by atoms with Crippen LogP contribution in [0.1, 0.15) is 37.4 Å². The molecular formula is C16H25NO2. The van der Waals surface area contributed by atoms with Crippen molar-refractivity contribution in [3.63, 3.8) is 0 Å². The molecule has 2 N–H and O–H groups in total. The molecule has 19 heavy (non-hydrogen) atoms. The van der Waals surface area contributed by atoms with Crippen molar-refractivity contribution in [3.8, 4) is 0 Å². The first kappa shape index (κ1) is 14.5. The Morgan fingerprint density at radius 3 is 2.84 bits per heavy atom. The molecule has 1 aliphatic rings. The number of benzene rings is 1. The van der Waals surface area contributed by atoms with Crippen LogP contribution in [0.5, 0.6) is 0 Å². The lowest BCUT2D eigenvalue weighted by Gasteiger charge is -2.31. The maximum Gasteiger partial charge on any atom is 0.0772 e. The van der Waals surface area contributed by atoms with Gasteiger partial charge in [-0.15, -0.1) is 0 Å². The number of hydrogen-bond donors (Lipinski definition) is 1. The van der Waals surface area contributed by atoms with Gasteiger partial charge in [0.15, 0.2) is 0 Å². The standard InChI is InChI=1S/C16H25NO2/c1-12(2)11-18-9-10-19-15-8-7-13-5-3-4-6-14(13)16(15)17/h3-6,12,15-16H,7-11,17H2,1-2H3. The van der Waals surface area contributed by atoms with Gasteiger partial charge in [0, 0.05) is 6.61 Å². The van der Waals surface area contributed by atoms with Gasteiger partial charge in [0.1, 0.15) is 0 Å². The predicted molar refractivity (Wildman–Crippen MR) is 77.1 cm³/mol. The first-order valence-electron chi connectivity index (χ1n) is 7.21. The van der Waals surface area contributed by atoms with Crippen LogP contribution in [0.3, 0.4) is 0 Å². The second kappa shape index (κ2) is 7.04. The highest BCUT2D eigenvalue weighted by molar-refractivity contribution is 5.33. The molecule has 1 aliphatic carbocycles. The average molecular weight is 263 g/mol.